The summed E-state index contributed by atoms with van der Waals surface area (Å²) >= 11 is 0. The molecule has 0 aliphatic heterocycles. The standard InChI is InChI=1S/C17H16FNO2/c1-21-16(20)17(19-15-9-5-4-8-14(15)18)10-12-6-2-3-7-13(12)11-17/h2-9,19H,10-11H2,1H3. The van der Waals surface area contributed by atoms with E-state index in [9.17, 15) is 9.18 Å². The minimum absolute atomic E-state index is 0.315. The van der Waals surface area contributed by atoms with Crippen LogP contribution in [0.5, 0.6) is 0 Å². The Hall–Kier alpha value is -2.36. The van der Waals surface area contributed by atoms with Gasteiger partial charge in [-0.05, 0) is 23.3 Å². The van der Waals surface area contributed by atoms with Crippen molar-refractivity contribution in [2.24, 2.45) is 0 Å². The average molecular weight is 285 g/mol. The Morgan fingerprint density at radius 1 is 1.10 bits per heavy atom. The monoisotopic (exact) mass is 285 g/mol. The van der Waals surface area contributed by atoms with E-state index in [2.05, 4.69) is 5.32 Å². The summed E-state index contributed by atoms with van der Waals surface area (Å²) in [5.41, 5.74) is 1.55. The van der Waals surface area contributed by atoms with E-state index in [1.165, 1.54) is 13.2 Å². The summed E-state index contributed by atoms with van der Waals surface area (Å²) in [6.45, 7) is 0. The molecule has 0 spiro atoms. The van der Waals surface area contributed by atoms with Crippen LogP contribution in [0.25, 0.3) is 0 Å². The summed E-state index contributed by atoms with van der Waals surface area (Å²) in [7, 11) is 1.36. The van der Waals surface area contributed by atoms with E-state index < -0.39 is 5.54 Å². The molecule has 2 aromatic rings. The Morgan fingerprint density at radius 2 is 1.67 bits per heavy atom. The molecule has 3 nitrogen and oxygen atoms in total. The fourth-order valence-electron chi connectivity index (χ4n) is 2.91. The molecule has 0 atom stereocenters. The number of esters is 1. The van der Waals surface area contributed by atoms with E-state index >= 15 is 0 Å². The SMILES string of the molecule is COC(=O)C1(Nc2ccccc2F)Cc2ccccc2C1. The van der Waals surface area contributed by atoms with Crippen molar-refractivity contribution in [2.75, 3.05) is 12.4 Å². The number of methoxy groups -OCH3 is 1. The van der Waals surface area contributed by atoms with Crippen LogP contribution in [0.3, 0.4) is 0 Å². The molecule has 0 unspecified atom stereocenters. The van der Waals surface area contributed by atoms with Crippen LogP contribution >= 0.6 is 0 Å². The van der Waals surface area contributed by atoms with Gasteiger partial charge in [0.1, 0.15) is 11.4 Å². The minimum atomic E-state index is -0.944. The number of hydrogen-bond acceptors (Lipinski definition) is 3. The van der Waals surface area contributed by atoms with Crippen LogP contribution in [0.1, 0.15) is 11.1 Å². The highest BCUT2D eigenvalue weighted by Crippen LogP contribution is 2.34. The van der Waals surface area contributed by atoms with E-state index in [1.54, 1.807) is 18.2 Å². The van der Waals surface area contributed by atoms with Crippen LogP contribution in [0.15, 0.2) is 48.5 Å². The first kappa shape index (κ1) is 13.6. The largest absolute Gasteiger partial charge is 0.467 e. The summed E-state index contributed by atoms with van der Waals surface area (Å²) in [4.78, 5) is 12.3. The maximum Gasteiger partial charge on any atom is 0.332 e. The molecule has 0 heterocycles. The van der Waals surface area contributed by atoms with E-state index in [0.29, 0.717) is 18.5 Å². The molecule has 0 bridgehead atoms. The molecule has 4 heteroatoms. The molecule has 0 aromatic heterocycles. The molecule has 1 aliphatic carbocycles. The summed E-state index contributed by atoms with van der Waals surface area (Å²) in [5, 5.41) is 3.07. The van der Waals surface area contributed by atoms with Crippen molar-refractivity contribution in [2.45, 2.75) is 18.4 Å². The van der Waals surface area contributed by atoms with E-state index in [1.807, 2.05) is 24.3 Å². The molecule has 0 amide bonds. The summed E-state index contributed by atoms with van der Waals surface area (Å²) in [6.07, 6.45) is 0.981. The first-order valence-electron chi connectivity index (χ1n) is 6.82. The van der Waals surface area contributed by atoms with Crippen LogP contribution in [0.2, 0.25) is 0 Å². The van der Waals surface area contributed by atoms with Crippen LogP contribution in [-0.2, 0) is 22.4 Å². The van der Waals surface area contributed by atoms with E-state index in [-0.39, 0.29) is 11.8 Å². The number of benzene rings is 2. The molecule has 0 radical (unpaired) electrons. The number of ether oxygens (including phenoxy) is 1. The van der Waals surface area contributed by atoms with Crippen molar-refractivity contribution in [1.29, 1.82) is 0 Å². The number of fused-ring (bicyclic) bond motifs is 1. The third-order valence-corrected chi connectivity index (χ3v) is 3.93. The van der Waals surface area contributed by atoms with Gasteiger partial charge in [-0.3, -0.25) is 0 Å². The summed E-state index contributed by atoms with van der Waals surface area (Å²) in [6, 6.07) is 14.2. The van der Waals surface area contributed by atoms with Crippen molar-refractivity contribution in [1.82, 2.24) is 0 Å². The second-order valence-electron chi connectivity index (χ2n) is 5.30. The van der Waals surface area contributed by atoms with E-state index in [4.69, 9.17) is 4.74 Å². The molecule has 0 saturated heterocycles. The predicted molar refractivity (Wildman–Crippen MR) is 78.6 cm³/mol. The number of carbonyl (C=O) groups excluding carboxylic acids is 1. The van der Waals surface area contributed by atoms with Crippen molar-refractivity contribution < 1.29 is 13.9 Å². The van der Waals surface area contributed by atoms with Crippen LogP contribution in [0, 0.1) is 5.82 Å². The van der Waals surface area contributed by atoms with Gasteiger partial charge in [0.15, 0.2) is 0 Å². The van der Waals surface area contributed by atoms with Gasteiger partial charge in [0.25, 0.3) is 0 Å². The van der Waals surface area contributed by atoms with Crippen molar-refractivity contribution >= 4 is 11.7 Å². The smallest absolute Gasteiger partial charge is 0.332 e. The zero-order chi connectivity index (χ0) is 14.9. The normalized spacial score (nSPS) is 15.3. The van der Waals surface area contributed by atoms with Crippen molar-refractivity contribution in [3.05, 3.63) is 65.5 Å². The summed E-state index contributed by atoms with van der Waals surface area (Å²) < 4.78 is 18.9. The lowest BCUT2D eigenvalue weighted by Crippen LogP contribution is -2.48. The first-order valence-corrected chi connectivity index (χ1v) is 6.82. The second-order valence-corrected chi connectivity index (χ2v) is 5.30. The number of nitrogens with one attached hydrogen (secondary N) is 1. The van der Waals surface area contributed by atoms with Crippen LogP contribution in [0.4, 0.5) is 10.1 Å². The van der Waals surface area contributed by atoms with Gasteiger partial charge in [-0.2, -0.15) is 0 Å². The molecular formula is C17H16FNO2. The Kier molecular flexibility index (Phi) is 3.37. The van der Waals surface area contributed by atoms with Crippen LogP contribution < -0.4 is 5.32 Å². The predicted octanol–water partition coefficient (Wildman–Crippen LogP) is 2.95. The third kappa shape index (κ3) is 2.37. The summed E-state index contributed by atoms with van der Waals surface area (Å²) in [5.74, 6) is -0.751. The van der Waals surface area contributed by atoms with Crippen molar-refractivity contribution in [3.8, 4) is 0 Å². The second kappa shape index (κ2) is 5.20. The van der Waals surface area contributed by atoms with Gasteiger partial charge >= 0.3 is 5.97 Å². The molecule has 3 rings (SSSR count). The van der Waals surface area contributed by atoms with Gasteiger partial charge in [0.2, 0.25) is 0 Å². The highest BCUT2D eigenvalue weighted by atomic mass is 19.1. The molecular weight excluding hydrogens is 269 g/mol. The fourth-order valence-corrected chi connectivity index (χ4v) is 2.91. The maximum atomic E-state index is 13.9. The highest BCUT2D eigenvalue weighted by Gasteiger charge is 2.45. The zero-order valence-corrected chi connectivity index (χ0v) is 11.7. The van der Waals surface area contributed by atoms with E-state index in [0.717, 1.165) is 11.1 Å². The first-order chi connectivity index (χ1) is 10.1. The number of halogens is 1. The Bertz CT molecular complexity index is 659. The zero-order valence-electron chi connectivity index (χ0n) is 11.7. The van der Waals surface area contributed by atoms with Crippen molar-refractivity contribution in [3.63, 3.8) is 0 Å². The molecule has 108 valence electrons. The molecule has 0 saturated carbocycles. The fraction of sp³-hybridized carbons (Fsp3) is 0.235. The van der Waals surface area contributed by atoms with Gasteiger partial charge < -0.3 is 10.1 Å². The molecule has 1 N–H and O–H groups in total. The lowest BCUT2D eigenvalue weighted by molar-refractivity contribution is -0.145. The number of rotatable bonds is 3. The quantitative estimate of drug-likeness (QED) is 0.881. The molecule has 1 aliphatic rings. The maximum absolute atomic E-state index is 13.9. The Morgan fingerprint density at radius 3 is 2.24 bits per heavy atom. The lowest BCUT2D eigenvalue weighted by atomic mass is 9.95. The van der Waals surface area contributed by atoms with Gasteiger partial charge in [-0.1, -0.05) is 36.4 Å². The Labute approximate surface area is 122 Å². The Balaban J connectivity index is 1.98. The molecule has 2 aromatic carbocycles. The molecule has 0 fully saturated rings. The van der Waals surface area contributed by atoms with Crippen LogP contribution in [-0.4, -0.2) is 18.6 Å². The highest BCUT2D eigenvalue weighted by molar-refractivity contribution is 5.86. The lowest BCUT2D eigenvalue weighted by Gasteiger charge is -2.28. The van der Waals surface area contributed by atoms with Gasteiger partial charge in [0, 0.05) is 12.8 Å². The average Bonchev–Trinajstić information content (AvgIpc) is 2.88. The number of hydrogen-bond donors (Lipinski definition) is 1. The van der Waals surface area contributed by atoms with Gasteiger partial charge in [0.05, 0.1) is 12.8 Å². The number of carbonyl (C=O) groups is 1. The van der Waals surface area contributed by atoms with Gasteiger partial charge in [-0.15, -0.1) is 0 Å². The number of anilines is 1. The minimum Gasteiger partial charge on any atom is -0.467 e. The number of para-hydroxylation sites is 1. The third-order valence-electron chi connectivity index (χ3n) is 3.93. The topological polar surface area (TPSA) is 38.3 Å². The van der Waals surface area contributed by atoms with Gasteiger partial charge in [-0.25, -0.2) is 9.18 Å². The molecule has 21 heavy (non-hydrogen) atoms.